The third kappa shape index (κ3) is 5.50. The van der Waals surface area contributed by atoms with E-state index in [1.165, 1.54) is 16.4 Å². The van der Waals surface area contributed by atoms with E-state index in [2.05, 4.69) is 4.90 Å². The molecule has 33 heavy (non-hydrogen) atoms. The van der Waals surface area contributed by atoms with E-state index in [1.807, 2.05) is 0 Å². The summed E-state index contributed by atoms with van der Waals surface area (Å²) in [5.41, 5.74) is -0.973. The molecule has 0 amide bonds. The van der Waals surface area contributed by atoms with Gasteiger partial charge in [-0.3, -0.25) is 0 Å². The topological polar surface area (TPSA) is 49.9 Å². The molecule has 0 atom stereocenters. The Morgan fingerprint density at radius 1 is 0.879 bits per heavy atom. The molecule has 0 radical (unpaired) electrons. The van der Waals surface area contributed by atoms with E-state index in [9.17, 15) is 26.0 Å². The lowest BCUT2D eigenvalue weighted by molar-refractivity contribution is -0.137. The van der Waals surface area contributed by atoms with Crippen LogP contribution in [0.4, 0.5) is 17.6 Å². The van der Waals surface area contributed by atoms with Gasteiger partial charge in [-0.25, -0.2) is 12.8 Å². The highest BCUT2D eigenvalue weighted by Crippen LogP contribution is 2.32. The summed E-state index contributed by atoms with van der Waals surface area (Å²) in [5.74, 6) is -0.127. The highest BCUT2D eigenvalue weighted by atomic mass is 32.2. The Labute approximate surface area is 191 Å². The van der Waals surface area contributed by atoms with Gasteiger partial charge in [-0.05, 0) is 56.0 Å². The number of sulfonamides is 1. The molecular weight excluding hydrogens is 460 g/mol. The second-order valence-electron chi connectivity index (χ2n) is 8.44. The molecule has 0 aliphatic carbocycles. The van der Waals surface area contributed by atoms with Crippen molar-refractivity contribution in [3.8, 4) is 5.75 Å². The maximum atomic E-state index is 13.8. The van der Waals surface area contributed by atoms with E-state index in [4.69, 9.17) is 4.74 Å². The Balaban J connectivity index is 1.31. The van der Waals surface area contributed by atoms with Crippen molar-refractivity contribution in [2.24, 2.45) is 0 Å². The molecule has 2 heterocycles. The molecule has 0 N–H and O–H groups in total. The zero-order valence-corrected chi connectivity index (χ0v) is 18.8. The summed E-state index contributed by atoms with van der Waals surface area (Å²) < 4.78 is 85.6. The van der Waals surface area contributed by atoms with Crippen LogP contribution in [0.3, 0.4) is 0 Å². The number of halogens is 4. The number of para-hydroxylation sites is 1. The van der Waals surface area contributed by atoms with Gasteiger partial charge in [0.15, 0.2) is 11.6 Å². The lowest BCUT2D eigenvalue weighted by Crippen LogP contribution is -2.50. The van der Waals surface area contributed by atoms with E-state index in [1.54, 1.807) is 18.2 Å². The first-order valence-electron chi connectivity index (χ1n) is 11.0. The SMILES string of the molecule is O=S(=O)(c1cccc(C(F)(F)F)c1)N1CCC(N2CCC(Oc3ccccc3F)CC2)CC1. The fourth-order valence-electron chi connectivity index (χ4n) is 4.51. The minimum atomic E-state index is -4.60. The van der Waals surface area contributed by atoms with Gasteiger partial charge >= 0.3 is 6.18 Å². The molecule has 2 aromatic rings. The first-order chi connectivity index (χ1) is 15.6. The second-order valence-corrected chi connectivity index (χ2v) is 10.4. The fourth-order valence-corrected chi connectivity index (χ4v) is 6.02. The summed E-state index contributed by atoms with van der Waals surface area (Å²) in [7, 11) is -3.99. The van der Waals surface area contributed by atoms with Crippen LogP contribution in [0.25, 0.3) is 0 Å². The Bertz CT molecular complexity index is 1060. The van der Waals surface area contributed by atoms with Crippen molar-refractivity contribution in [1.82, 2.24) is 9.21 Å². The van der Waals surface area contributed by atoms with Gasteiger partial charge in [-0.1, -0.05) is 18.2 Å². The predicted octanol–water partition coefficient (Wildman–Crippen LogP) is 4.54. The van der Waals surface area contributed by atoms with Gasteiger partial charge in [0.25, 0.3) is 0 Å². The number of benzene rings is 2. The number of piperidine rings is 2. The van der Waals surface area contributed by atoms with Crippen LogP contribution in [-0.2, 0) is 16.2 Å². The quantitative estimate of drug-likeness (QED) is 0.583. The van der Waals surface area contributed by atoms with Crippen LogP contribution in [0.15, 0.2) is 53.4 Å². The Morgan fingerprint density at radius 2 is 1.55 bits per heavy atom. The lowest BCUT2D eigenvalue weighted by Gasteiger charge is -2.41. The number of ether oxygens (including phenoxy) is 1. The van der Waals surface area contributed by atoms with Crippen molar-refractivity contribution in [2.45, 2.75) is 48.9 Å². The molecule has 2 saturated heterocycles. The highest BCUT2D eigenvalue weighted by molar-refractivity contribution is 7.89. The van der Waals surface area contributed by atoms with Crippen LogP contribution in [0.1, 0.15) is 31.2 Å². The zero-order valence-electron chi connectivity index (χ0n) is 18.0. The maximum Gasteiger partial charge on any atom is 0.416 e. The molecule has 2 aromatic carbocycles. The summed E-state index contributed by atoms with van der Waals surface area (Å²) >= 11 is 0. The molecule has 0 saturated carbocycles. The second kappa shape index (κ2) is 9.60. The molecule has 10 heteroatoms. The van der Waals surface area contributed by atoms with Crippen molar-refractivity contribution >= 4 is 10.0 Å². The number of hydrogen-bond acceptors (Lipinski definition) is 4. The Hall–Kier alpha value is -2.17. The number of likely N-dealkylation sites (tertiary alicyclic amines) is 1. The highest BCUT2D eigenvalue weighted by Gasteiger charge is 2.36. The van der Waals surface area contributed by atoms with Gasteiger partial charge in [-0.15, -0.1) is 0 Å². The van der Waals surface area contributed by atoms with Gasteiger partial charge in [0.2, 0.25) is 10.0 Å². The number of rotatable bonds is 5. The molecule has 0 bridgehead atoms. The largest absolute Gasteiger partial charge is 0.487 e. The van der Waals surface area contributed by atoms with Gasteiger partial charge in [0.1, 0.15) is 6.10 Å². The van der Waals surface area contributed by atoms with Crippen molar-refractivity contribution in [2.75, 3.05) is 26.2 Å². The maximum absolute atomic E-state index is 13.8. The molecule has 5 nitrogen and oxygen atoms in total. The third-order valence-corrected chi connectivity index (χ3v) is 8.24. The summed E-state index contributed by atoms with van der Waals surface area (Å²) in [6.45, 7) is 2.05. The van der Waals surface area contributed by atoms with Gasteiger partial charge in [0, 0.05) is 32.2 Å². The van der Waals surface area contributed by atoms with Gasteiger partial charge in [-0.2, -0.15) is 17.5 Å². The molecule has 0 unspecified atom stereocenters. The molecular formula is C23H26F4N2O3S. The van der Waals surface area contributed by atoms with Crippen LogP contribution in [0.2, 0.25) is 0 Å². The van der Waals surface area contributed by atoms with Gasteiger partial charge < -0.3 is 9.64 Å². The first-order valence-corrected chi connectivity index (χ1v) is 12.4. The monoisotopic (exact) mass is 486 g/mol. The Morgan fingerprint density at radius 3 is 2.18 bits per heavy atom. The van der Waals surface area contributed by atoms with Crippen LogP contribution >= 0.6 is 0 Å². The van der Waals surface area contributed by atoms with Crippen LogP contribution in [0, 0.1) is 5.82 Å². The smallest absolute Gasteiger partial charge is 0.416 e. The molecule has 0 aromatic heterocycles. The Kier molecular flexibility index (Phi) is 6.97. The van der Waals surface area contributed by atoms with Crippen LogP contribution in [-0.4, -0.2) is 55.9 Å². The molecule has 0 spiro atoms. The van der Waals surface area contributed by atoms with Crippen molar-refractivity contribution in [1.29, 1.82) is 0 Å². The average Bonchev–Trinajstić information content (AvgIpc) is 2.81. The summed E-state index contributed by atoms with van der Waals surface area (Å²) in [5, 5.41) is 0. The van der Waals surface area contributed by atoms with E-state index >= 15 is 0 Å². The van der Waals surface area contributed by atoms with Gasteiger partial charge in [0.05, 0.1) is 10.5 Å². The molecule has 2 aliphatic heterocycles. The molecule has 2 aliphatic rings. The van der Waals surface area contributed by atoms with Crippen molar-refractivity contribution in [3.05, 3.63) is 59.9 Å². The zero-order chi connectivity index (χ0) is 23.6. The number of hydrogen-bond donors (Lipinski definition) is 0. The van der Waals surface area contributed by atoms with Crippen molar-refractivity contribution in [3.63, 3.8) is 0 Å². The molecule has 180 valence electrons. The van der Waals surface area contributed by atoms with E-state index in [-0.39, 0.29) is 41.7 Å². The van der Waals surface area contributed by atoms with Crippen LogP contribution < -0.4 is 4.74 Å². The number of alkyl halides is 3. The summed E-state index contributed by atoms with van der Waals surface area (Å²) in [6, 6.07) is 10.4. The average molecular weight is 487 g/mol. The first kappa shape index (κ1) is 24.0. The normalized spacial score (nSPS) is 20.1. The predicted molar refractivity (Wildman–Crippen MR) is 115 cm³/mol. The van der Waals surface area contributed by atoms with E-state index in [0.717, 1.165) is 38.1 Å². The van der Waals surface area contributed by atoms with E-state index in [0.29, 0.717) is 18.9 Å². The third-order valence-electron chi connectivity index (χ3n) is 6.35. The standard InChI is InChI=1S/C23H26F4N2O3S/c24-21-6-1-2-7-22(21)32-19-10-12-28(13-11-19)18-8-14-29(15-9-18)33(30,31)20-5-3-4-17(16-20)23(25,26)27/h1-7,16,18-19H,8-15H2. The summed E-state index contributed by atoms with van der Waals surface area (Å²) in [4.78, 5) is 1.97. The summed E-state index contributed by atoms with van der Waals surface area (Å²) in [6.07, 6.45) is -1.96. The fraction of sp³-hybridized carbons (Fsp3) is 0.478. The van der Waals surface area contributed by atoms with Crippen molar-refractivity contribution < 1.29 is 30.7 Å². The van der Waals surface area contributed by atoms with Crippen LogP contribution in [0.5, 0.6) is 5.75 Å². The molecule has 4 rings (SSSR count). The minimum Gasteiger partial charge on any atom is -0.487 e. The minimum absolute atomic E-state index is 0.0699. The van der Waals surface area contributed by atoms with E-state index < -0.39 is 21.8 Å². The lowest BCUT2D eigenvalue weighted by atomic mass is 10.00. The molecule has 2 fully saturated rings. The number of nitrogens with zero attached hydrogens (tertiary/aromatic N) is 2.